The Morgan fingerprint density at radius 2 is 1.92 bits per heavy atom. The molecule has 2 aliphatic rings. The fraction of sp³-hybridized carbons (Fsp3) is 0.500. The van der Waals surface area contributed by atoms with Crippen LogP contribution < -0.4 is 11.1 Å². The summed E-state index contributed by atoms with van der Waals surface area (Å²) in [5.41, 5.74) is 7.83. The molecule has 1 fully saturated rings. The van der Waals surface area contributed by atoms with Crippen molar-refractivity contribution >= 4 is 22.8 Å². The quantitative estimate of drug-likeness (QED) is 0.675. The van der Waals surface area contributed by atoms with Gasteiger partial charge in [-0.3, -0.25) is 14.9 Å². The molecule has 6 heteroatoms. The van der Waals surface area contributed by atoms with Crippen molar-refractivity contribution in [2.24, 2.45) is 11.7 Å². The van der Waals surface area contributed by atoms with Gasteiger partial charge in [-0.2, -0.15) is 0 Å². The molecule has 1 amide bonds. The third-order valence-electron chi connectivity index (χ3n) is 6.18. The number of aromatic nitrogens is 1. The minimum Gasteiger partial charge on any atom is -0.481 e. The first kappa shape index (κ1) is 17.1. The third-order valence-corrected chi connectivity index (χ3v) is 6.18. The van der Waals surface area contributed by atoms with Gasteiger partial charge < -0.3 is 15.8 Å². The number of carbonyl (C=O) groups is 2. The number of aliphatic carboxylic acids is 1. The number of hydrogen-bond donors (Lipinski definition) is 4. The van der Waals surface area contributed by atoms with E-state index in [2.05, 4.69) is 10.3 Å². The Morgan fingerprint density at radius 1 is 1.19 bits per heavy atom. The molecule has 5 N–H and O–H groups in total. The molecule has 1 saturated carbocycles. The SMILES string of the molecule is NC(=O)[C@H]1Cc2c([nH]c3ccccc23)[C@](CC(=O)O)(C2CCCCC2)N1. The Hall–Kier alpha value is -2.34. The molecule has 0 saturated heterocycles. The Bertz CT molecular complexity index is 853. The van der Waals surface area contributed by atoms with Crippen molar-refractivity contribution in [1.82, 2.24) is 10.3 Å². The van der Waals surface area contributed by atoms with Gasteiger partial charge in [0.1, 0.15) is 0 Å². The van der Waals surface area contributed by atoms with E-state index in [0.717, 1.165) is 47.8 Å². The number of benzene rings is 1. The summed E-state index contributed by atoms with van der Waals surface area (Å²) in [6, 6.07) is 7.41. The number of para-hydroxylation sites is 1. The second kappa shape index (κ2) is 6.43. The summed E-state index contributed by atoms with van der Waals surface area (Å²) >= 11 is 0. The van der Waals surface area contributed by atoms with Crippen LogP contribution >= 0.6 is 0 Å². The number of carboxylic acid groups (broad SMARTS) is 1. The van der Waals surface area contributed by atoms with Gasteiger partial charge in [0.05, 0.1) is 18.0 Å². The fourth-order valence-corrected chi connectivity index (χ4v) is 5.04. The number of nitrogens with one attached hydrogen (secondary N) is 2. The van der Waals surface area contributed by atoms with E-state index in [0.29, 0.717) is 6.42 Å². The van der Waals surface area contributed by atoms with Gasteiger partial charge in [-0.05, 0) is 36.8 Å². The van der Waals surface area contributed by atoms with Crippen LogP contribution in [0.3, 0.4) is 0 Å². The second-order valence-electron chi connectivity index (χ2n) is 7.70. The van der Waals surface area contributed by atoms with Crippen molar-refractivity contribution in [2.45, 2.75) is 56.5 Å². The van der Waals surface area contributed by atoms with E-state index in [1.807, 2.05) is 24.3 Å². The average molecular weight is 355 g/mol. The number of carboxylic acids is 1. The molecule has 0 unspecified atom stereocenters. The number of rotatable bonds is 4. The van der Waals surface area contributed by atoms with Gasteiger partial charge in [-0.15, -0.1) is 0 Å². The van der Waals surface area contributed by atoms with Crippen molar-refractivity contribution in [3.63, 3.8) is 0 Å². The van der Waals surface area contributed by atoms with Crippen LogP contribution in [0.15, 0.2) is 24.3 Å². The molecule has 1 aromatic heterocycles. The van der Waals surface area contributed by atoms with Crippen molar-refractivity contribution in [2.75, 3.05) is 0 Å². The number of aromatic amines is 1. The Labute approximate surface area is 152 Å². The van der Waals surface area contributed by atoms with Crippen molar-refractivity contribution in [1.29, 1.82) is 0 Å². The van der Waals surface area contributed by atoms with Crippen molar-refractivity contribution < 1.29 is 14.7 Å². The number of hydrogen-bond acceptors (Lipinski definition) is 3. The summed E-state index contributed by atoms with van der Waals surface area (Å²) in [6.45, 7) is 0. The molecule has 26 heavy (non-hydrogen) atoms. The van der Waals surface area contributed by atoms with E-state index in [9.17, 15) is 14.7 Å². The number of H-pyrrole nitrogens is 1. The molecule has 2 aromatic rings. The Morgan fingerprint density at radius 3 is 2.62 bits per heavy atom. The Balaban J connectivity index is 1.93. The summed E-state index contributed by atoms with van der Waals surface area (Å²) in [5, 5.41) is 14.2. The minimum atomic E-state index is -0.863. The highest BCUT2D eigenvalue weighted by Crippen LogP contribution is 2.46. The average Bonchev–Trinajstić information content (AvgIpc) is 3.01. The topological polar surface area (TPSA) is 108 Å². The lowest BCUT2D eigenvalue weighted by Gasteiger charge is -2.47. The lowest BCUT2D eigenvalue weighted by atomic mass is 9.67. The number of fused-ring (bicyclic) bond motifs is 3. The summed E-state index contributed by atoms with van der Waals surface area (Å²) in [4.78, 5) is 27.4. The van der Waals surface area contributed by atoms with E-state index in [4.69, 9.17) is 5.73 Å². The van der Waals surface area contributed by atoms with E-state index < -0.39 is 23.5 Å². The zero-order valence-electron chi connectivity index (χ0n) is 14.8. The van der Waals surface area contributed by atoms with Gasteiger partial charge >= 0.3 is 5.97 Å². The van der Waals surface area contributed by atoms with E-state index >= 15 is 0 Å². The molecule has 1 aromatic carbocycles. The first-order valence-electron chi connectivity index (χ1n) is 9.40. The van der Waals surface area contributed by atoms with Gasteiger partial charge in [-0.1, -0.05) is 37.5 Å². The molecule has 6 nitrogen and oxygen atoms in total. The predicted octanol–water partition coefficient (Wildman–Crippen LogP) is 2.42. The summed E-state index contributed by atoms with van der Waals surface area (Å²) < 4.78 is 0. The van der Waals surface area contributed by atoms with Crippen molar-refractivity contribution in [3.8, 4) is 0 Å². The van der Waals surface area contributed by atoms with Crippen LogP contribution in [0.25, 0.3) is 10.9 Å². The molecule has 0 bridgehead atoms. The standard InChI is InChI=1S/C20H25N3O3/c21-19(26)16-10-14-13-8-4-5-9-15(13)22-18(14)20(23-16,11-17(24)25)12-6-2-1-3-7-12/h4-5,8-9,12,16,22-23H,1-3,6-7,10-11H2,(H2,21,26)(H,24,25)/t16-,20+/m1/s1. The first-order chi connectivity index (χ1) is 12.5. The lowest BCUT2D eigenvalue weighted by molar-refractivity contribution is -0.141. The number of primary amides is 1. The van der Waals surface area contributed by atoms with Gasteiger partial charge in [0.25, 0.3) is 0 Å². The fourth-order valence-electron chi connectivity index (χ4n) is 5.04. The predicted molar refractivity (Wildman–Crippen MR) is 98.6 cm³/mol. The molecule has 138 valence electrons. The molecule has 2 heterocycles. The van der Waals surface area contributed by atoms with Gasteiger partial charge in [-0.25, -0.2) is 0 Å². The third kappa shape index (κ3) is 2.69. The molecule has 1 aliphatic carbocycles. The number of nitrogens with two attached hydrogens (primary N) is 1. The van der Waals surface area contributed by atoms with Crippen LogP contribution in [0.1, 0.15) is 49.8 Å². The molecule has 1 aliphatic heterocycles. The molecule has 4 rings (SSSR count). The number of amides is 1. The van der Waals surface area contributed by atoms with Crippen LogP contribution in [0.4, 0.5) is 0 Å². The van der Waals surface area contributed by atoms with Gasteiger partial charge in [0, 0.05) is 16.6 Å². The molecule has 0 spiro atoms. The van der Waals surface area contributed by atoms with Crippen LogP contribution in [-0.4, -0.2) is 28.0 Å². The monoisotopic (exact) mass is 355 g/mol. The second-order valence-corrected chi connectivity index (χ2v) is 7.70. The highest BCUT2D eigenvalue weighted by Gasteiger charge is 2.49. The maximum absolute atomic E-state index is 12.1. The van der Waals surface area contributed by atoms with Gasteiger partial charge in [0.2, 0.25) is 5.91 Å². The van der Waals surface area contributed by atoms with E-state index in [1.165, 1.54) is 6.42 Å². The highest BCUT2D eigenvalue weighted by atomic mass is 16.4. The van der Waals surface area contributed by atoms with E-state index in [-0.39, 0.29) is 12.3 Å². The lowest BCUT2D eigenvalue weighted by Crippen LogP contribution is -2.61. The molecule has 2 atom stereocenters. The van der Waals surface area contributed by atoms with Crippen molar-refractivity contribution in [3.05, 3.63) is 35.5 Å². The largest absolute Gasteiger partial charge is 0.481 e. The summed E-state index contributed by atoms with van der Waals surface area (Å²) in [7, 11) is 0. The maximum atomic E-state index is 12.1. The Kier molecular flexibility index (Phi) is 4.23. The summed E-state index contributed by atoms with van der Waals surface area (Å²) in [5.74, 6) is -1.12. The van der Waals surface area contributed by atoms with Crippen LogP contribution in [0.2, 0.25) is 0 Å². The molecular weight excluding hydrogens is 330 g/mol. The highest BCUT2D eigenvalue weighted by molar-refractivity contribution is 5.88. The summed E-state index contributed by atoms with van der Waals surface area (Å²) in [6.07, 6.45) is 5.71. The zero-order chi connectivity index (χ0) is 18.3. The van der Waals surface area contributed by atoms with Gasteiger partial charge in [0.15, 0.2) is 0 Å². The minimum absolute atomic E-state index is 0.0543. The first-order valence-corrected chi connectivity index (χ1v) is 9.40. The maximum Gasteiger partial charge on any atom is 0.305 e. The van der Waals surface area contributed by atoms with Crippen LogP contribution in [-0.2, 0) is 21.5 Å². The molecule has 0 radical (unpaired) electrons. The zero-order valence-corrected chi connectivity index (χ0v) is 14.8. The number of carbonyl (C=O) groups excluding carboxylic acids is 1. The van der Waals surface area contributed by atoms with Crippen LogP contribution in [0, 0.1) is 5.92 Å². The smallest absolute Gasteiger partial charge is 0.305 e. The van der Waals surface area contributed by atoms with Crippen LogP contribution in [0.5, 0.6) is 0 Å². The normalized spacial score (nSPS) is 26.5. The van der Waals surface area contributed by atoms with E-state index in [1.54, 1.807) is 0 Å². The molecular formula is C20H25N3O3.